The minimum atomic E-state index is -3.64. The van der Waals surface area contributed by atoms with E-state index < -0.39 is 10.0 Å². The minimum absolute atomic E-state index is 0.0420. The summed E-state index contributed by atoms with van der Waals surface area (Å²) in [6.07, 6.45) is 0.246. The third kappa shape index (κ3) is 3.40. The molecule has 0 spiro atoms. The number of rotatable bonds is 5. The summed E-state index contributed by atoms with van der Waals surface area (Å²) in [5, 5.41) is 12.2. The third-order valence-corrected chi connectivity index (χ3v) is 3.92. The molecule has 20 heavy (non-hydrogen) atoms. The molecule has 1 aromatic carbocycles. The summed E-state index contributed by atoms with van der Waals surface area (Å²) in [7, 11) is -3.64. The van der Waals surface area contributed by atoms with Crippen molar-refractivity contribution < 1.29 is 12.9 Å². The molecule has 0 aliphatic heterocycles. The van der Waals surface area contributed by atoms with Gasteiger partial charge in [-0.2, -0.15) is 10.2 Å². The number of nitriles is 1. The lowest BCUT2D eigenvalue weighted by Crippen LogP contribution is -2.23. The fourth-order valence-corrected chi connectivity index (χ4v) is 2.51. The molecule has 1 heterocycles. The molecule has 2 aromatic rings. The Morgan fingerprint density at radius 1 is 1.35 bits per heavy atom. The molecule has 0 atom stereocenters. The van der Waals surface area contributed by atoms with Crippen molar-refractivity contribution in [3.63, 3.8) is 0 Å². The van der Waals surface area contributed by atoms with Crippen LogP contribution < -0.4 is 4.72 Å². The standard InChI is InChI=1S/C12H12N4O3S/c1-9-15-12(16-19-9)8-14-20(17,18)11-4-2-10(3-5-11)6-7-13/h2-5,14H,6,8H2,1H3. The number of aryl methyl sites for hydroxylation is 1. The van der Waals surface area contributed by atoms with Gasteiger partial charge >= 0.3 is 0 Å². The van der Waals surface area contributed by atoms with Gasteiger partial charge in [-0.05, 0) is 17.7 Å². The Morgan fingerprint density at radius 2 is 2.05 bits per heavy atom. The van der Waals surface area contributed by atoms with Crippen molar-refractivity contribution >= 4 is 10.0 Å². The van der Waals surface area contributed by atoms with Crippen LogP contribution in [-0.4, -0.2) is 18.6 Å². The fourth-order valence-electron chi connectivity index (χ4n) is 1.53. The van der Waals surface area contributed by atoms with Gasteiger partial charge < -0.3 is 4.52 Å². The molecule has 0 fully saturated rings. The van der Waals surface area contributed by atoms with Crippen molar-refractivity contribution in [2.24, 2.45) is 0 Å². The molecule has 1 aromatic heterocycles. The zero-order valence-electron chi connectivity index (χ0n) is 10.7. The lowest BCUT2D eigenvalue weighted by atomic mass is 10.2. The summed E-state index contributed by atoms with van der Waals surface area (Å²) in [6, 6.07) is 8.12. The Bertz CT molecular complexity index is 729. The number of aromatic nitrogens is 2. The highest BCUT2D eigenvalue weighted by molar-refractivity contribution is 7.89. The second kappa shape index (κ2) is 5.81. The van der Waals surface area contributed by atoms with E-state index in [1.807, 2.05) is 6.07 Å². The molecule has 0 aliphatic rings. The Labute approximate surface area is 116 Å². The van der Waals surface area contributed by atoms with Gasteiger partial charge in [0.25, 0.3) is 0 Å². The van der Waals surface area contributed by atoms with Gasteiger partial charge in [-0.1, -0.05) is 17.3 Å². The maximum absolute atomic E-state index is 12.0. The maximum atomic E-state index is 12.0. The molecule has 7 nitrogen and oxygen atoms in total. The van der Waals surface area contributed by atoms with E-state index in [2.05, 4.69) is 14.9 Å². The molecular formula is C12H12N4O3S. The Hall–Kier alpha value is -2.24. The fraction of sp³-hybridized carbons (Fsp3) is 0.250. The summed E-state index contributed by atoms with van der Waals surface area (Å²) in [5.74, 6) is 0.646. The first-order valence-electron chi connectivity index (χ1n) is 5.76. The summed E-state index contributed by atoms with van der Waals surface area (Å²) < 4.78 is 31.2. The second-order valence-electron chi connectivity index (χ2n) is 4.03. The molecule has 0 radical (unpaired) electrons. The lowest BCUT2D eigenvalue weighted by molar-refractivity contribution is 0.387. The first-order chi connectivity index (χ1) is 9.51. The number of nitrogens with one attached hydrogen (secondary N) is 1. The van der Waals surface area contributed by atoms with Crippen LogP contribution in [0.1, 0.15) is 17.3 Å². The third-order valence-electron chi connectivity index (χ3n) is 2.51. The molecule has 0 saturated carbocycles. The van der Waals surface area contributed by atoms with Gasteiger partial charge in [0, 0.05) is 6.92 Å². The molecule has 0 saturated heterocycles. The zero-order valence-corrected chi connectivity index (χ0v) is 11.5. The summed E-state index contributed by atoms with van der Waals surface area (Å²) in [5.41, 5.74) is 0.764. The molecular weight excluding hydrogens is 280 g/mol. The Morgan fingerprint density at radius 3 is 2.60 bits per heavy atom. The molecule has 0 amide bonds. The van der Waals surface area contributed by atoms with Crippen LogP contribution >= 0.6 is 0 Å². The van der Waals surface area contributed by atoms with E-state index in [0.717, 1.165) is 5.56 Å². The average molecular weight is 292 g/mol. The van der Waals surface area contributed by atoms with Crippen molar-refractivity contribution in [2.75, 3.05) is 0 Å². The highest BCUT2D eigenvalue weighted by Gasteiger charge is 2.15. The molecule has 2 rings (SSSR count). The zero-order chi connectivity index (χ0) is 14.6. The molecule has 104 valence electrons. The number of hydrogen-bond donors (Lipinski definition) is 1. The largest absolute Gasteiger partial charge is 0.340 e. The van der Waals surface area contributed by atoms with Crippen LogP contribution in [0, 0.1) is 18.3 Å². The van der Waals surface area contributed by atoms with Crippen LogP contribution in [0.5, 0.6) is 0 Å². The van der Waals surface area contributed by atoms with E-state index in [1.54, 1.807) is 19.1 Å². The van der Waals surface area contributed by atoms with Crippen molar-refractivity contribution in [3.05, 3.63) is 41.5 Å². The summed E-state index contributed by atoms with van der Waals surface area (Å²) in [6.45, 7) is 1.58. The topological polar surface area (TPSA) is 109 Å². The van der Waals surface area contributed by atoms with Gasteiger partial charge in [0.2, 0.25) is 15.9 Å². The van der Waals surface area contributed by atoms with Crippen molar-refractivity contribution in [1.29, 1.82) is 5.26 Å². The van der Waals surface area contributed by atoms with E-state index >= 15 is 0 Å². The van der Waals surface area contributed by atoms with E-state index in [9.17, 15) is 8.42 Å². The molecule has 8 heteroatoms. The van der Waals surface area contributed by atoms with Crippen LogP contribution in [0.4, 0.5) is 0 Å². The van der Waals surface area contributed by atoms with Crippen LogP contribution in [0.25, 0.3) is 0 Å². The number of hydrogen-bond acceptors (Lipinski definition) is 6. The van der Waals surface area contributed by atoms with E-state index in [4.69, 9.17) is 9.78 Å². The van der Waals surface area contributed by atoms with Gasteiger partial charge in [0.1, 0.15) is 0 Å². The summed E-state index contributed by atoms with van der Waals surface area (Å²) >= 11 is 0. The smallest absolute Gasteiger partial charge is 0.240 e. The van der Waals surface area contributed by atoms with Crippen LogP contribution in [0.15, 0.2) is 33.7 Å². The second-order valence-corrected chi connectivity index (χ2v) is 5.80. The predicted octanol–water partition coefficient (Wildman–Crippen LogP) is 0.923. The van der Waals surface area contributed by atoms with Crippen LogP contribution in [-0.2, 0) is 23.0 Å². The van der Waals surface area contributed by atoms with Gasteiger partial charge in [-0.3, -0.25) is 0 Å². The Balaban J connectivity index is 2.08. The maximum Gasteiger partial charge on any atom is 0.240 e. The summed E-state index contributed by atoms with van der Waals surface area (Å²) in [4.78, 5) is 4.03. The highest BCUT2D eigenvalue weighted by Crippen LogP contribution is 2.11. The quantitative estimate of drug-likeness (QED) is 0.877. The first-order valence-corrected chi connectivity index (χ1v) is 7.24. The van der Waals surface area contributed by atoms with Crippen molar-refractivity contribution in [2.45, 2.75) is 24.8 Å². The monoisotopic (exact) mass is 292 g/mol. The minimum Gasteiger partial charge on any atom is -0.340 e. The number of sulfonamides is 1. The first kappa shape index (κ1) is 14.2. The number of nitrogens with zero attached hydrogens (tertiary/aromatic N) is 3. The SMILES string of the molecule is Cc1nc(CNS(=O)(=O)c2ccc(CC#N)cc2)no1. The van der Waals surface area contributed by atoms with Gasteiger partial charge in [0.15, 0.2) is 5.82 Å². The van der Waals surface area contributed by atoms with Crippen LogP contribution in [0.2, 0.25) is 0 Å². The normalized spacial score (nSPS) is 11.2. The molecule has 1 N–H and O–H groups in total. The lowest BCUT2D eigenvalue weighted by Gasteiger charge is -2.05. The van der Waals surface area contributed by atoms with E-state index in [-0.39, 0.29) is 23.7 Å². The van der Waals surface area contributed by atoms with Crippen molar-refractivity contribution in [1.82, 2.24) is 14.9 Å². The van der Waals surface area contributed by atoms with Crippen molar-refractivity contribution in [3.8, 4) is 6.07 Å². The van der Waals surface area contributed by atoms with Crippen LogP contribution in [0.3, 0.4) is 0 Å². The van der Waals surface area contributed by atoms with E-state index in [0.29, 0.717) is 5.89 Å². The van der Waals surface area contributed by atoms with Gasteiger partial charge in [0.05, 0.1) is 23.9 Å². The molecule has 0 aliphatic carbocycles. The average Bonchev–Trinajstić information content (AvgIpc) is 2.84. The van der Waals surface area contributed by atoms with Gasteiger partial charge in [-0.25, -0.2) is 13.1 Å². The predicted molar refractivity (Wildman–Crippen MR) is 68.8 cm³/mol. The molecule has 0 unspecified atom stereocenters. The highest BCUT2D eigenvalue weighted by atomic mass is 32.2. The molecule has 0 bridgehead atoms. The van der Waals surface area contributed by atoms with Gasteiger partial charge in [-0.15, -0.1) is 0 Å². The number of benzene rings is 1. The Kier molecular flexibility index (Phi) is 4.12. The van der Waals surface area contributed by atoms with E-state index in [1.165, 1.54) is 12.1 Å².